The van der Waals surface area contributed by atoms with Crippen LogP contribution in [0, 0.1) is 0 Å². The van der Waals surface area contributed by atoms with Crippen LogP contribution in [0.25, 0.3) is 11.2 Å². The Morgan fingerprint density at radius 1 is 1.31 bits per heavy atom. The van der Waals surface area contributed by atoms with Gasteiger partial charge in [0.1, 0.15) is 30.1 Å². The van der Waals surface area contributed by atoms with Gasteiger partial charge in [0.25, 0.3) is 0 Å². The van der Waals surface area contributed by atoms with Crippen molar-refractivity contribution in [2.75, 3.05) is 31.3 Å². The highest BCUT2D eigenvalue weighted by Gasteiger charge is 2.54. The zero-order valence-electron chi connectivity index (χ0n) is 24.0. The van der Waals surface area contributed by atoms with Gasteiger partial charge in [0, 0.05) is 18.9 Å². The topological polar surface area (TPSA) is 195 Å². The van der Waals surface area contributed by atoms with E-state index in [1.807, 2.05) is 0 Å². The SMILES string of the molecule is CC(C)OC(=O)[C@H](C)N/N=[P+](\[O-])Oc1ccc(OC[C@@]2(C)O[C@@H](n3cnc4c(N(C)C)nc(N)nc43)[C@@H](F)[C@@H]2O)cc1. The molecule has 0 amide bonds. The molecule has 3 aromatic rings. The van der Waals surface area contributed by atoms with E-state index in [9.17, 15) is 14.8 Å². The Kier molecular flexibility index (Phi) is 9.43. The molecule has 1 fully saturated rings. The number of esters is 1. The second kappa shape index (κ2) is 12.7. The summed E-state index contributed by atoms with van der Waals surface area (Å²) in [5, 5.41) is 10.8. The molecule has 15 nitrogen and oxygen atoms in total. The molecule has 17 heteroatoms. The normalized spacial score (nSPS) is 23.3. The zero-order chi connectivity index (χ0) is 30.8. The molecule has 1 saturated heterocycles. The molecule has 3 heterocycles. The lowest BCUT2D eigenvalue weighted by atomic mass is 9.99. The van der Waals surface area contributed by atoms with Crippen LogP contribution in [0.15, 0.2) is 35.4 Å². The van der Waals surface area contributed by atoms with Gasteiger partial charge in [-0.15, -0.1) is 0 Å². The molecule has 0 bridgehead atoms. The molecule has 0 saturated carbocycles. The largest absolute Gasteiger partial charge is 0.574 e. The van der Waals surface area contributed by atoms with Gasteiger partial charge in [0.2, 0.25) is 5.95 Å². The number of alkyl halides is 1. The van der Waals surface area contributed by atoms with Crippen LogP contribution in [0.4, 0.5) is 16.2 Å². The van der Waals surface area contributed by atoms with Crippen LogP contribution in [-0.4, -0.2) is 81.3 Å². The number of fused-ring (bicyclic) bond motifs is 1. The number of anilines is 2. The summed E-state index contributed by atoms with van der Waals surface area (Å²) in [6.45, 7) is 6.29. The highest BCUT2D eigenvalue weighted by atomic mass is 31.1. The quantitative estimate of drug-likeness (QED) is 0.162. The summed E-state index contributed by atoms with van der Waals surface area (Å²) in [6.07, 6.45) is -3.53. The molecule has 4 N–H and O–H groups in total. The van der Waals surface area contributed by atoms with Crippen LogP contribution in [0.3, 0.4) is 0 Å². The molecule has 1 aliphatic rings. The lowest BCUT2D eigenvalue weighted by molar-refractivity contribution is -0.169. The number of hydrogen-bond acceptors (Lipinski definition) is 13. The lowest BCUT2D eigenvalue weighted by Crippen LogP contribution is -2.44. The van der Waals surface area contributed by atoms with E-state index in [1.165, 1.54) is 49.0 Å². The fourth-order valence-electron chi connectivity index (χ4n) is 4.10. The number of aromatic nitrogens is 4. The van der Waals surface area contributed by atoms with E-state index in [1.54, 1.807) is 32.8 Å². The summed E-state index contributed by atoms with van der Waals surface area (Å²) in [5.74, 6) is 0.487. The van der Waals surface area contributed by atoms with Gasteiger partial charge in [-0.3, -0.25) is 13.9 Å². The van der Waals surface area contributed by atoms with Gasteiger partial charge in [-0.05, 0) is 52.0 Å². The Bertz CT molecular complexity index is 1440. The first kappa shape index (κ1) is 31.3. The number of imidazole rings is 1. The molecule has 1 unspecified atom stereocenters. The average Bonchev–Trinajstić information content (AvgIpc) is 3.44. The van der Waals surface area contributed by atoms with Crippen molar-refractivity contribution in [2.45, 2.75) is 63.9 Å². The van der Waals surface area contributed by atoms with Crippen molar-refractivity contribution >= 4 is 37.1 Å². The number of carbonyl (C=O) groups is 1. The Morgan fingerprint density at radius 2 is 1.98 bits per heavy atom. The van der Waals surface area contributed by atoms with Crippen molar-refractivity contribution in [1.82, 2.24) is 24.9 Å². The van der Waals surface area contributed by atoms with E-state index in [4.69, 9.17) is 24.5 Å². The van der Waals surface area contributed by atoms with Crippen LogP contribution < -0.4 is 30.2 Å². The number of aliphatic hydroxyl groups excluding tert-OH is 1. The van der Waals surface area contributed by atoms with E-state index in [0.29, 0.717) is 17.1 Å². The smallest absolute Gasteiger partial charge is 0.412 e. The van der Waals surface area contributed by atoms with Gasteiger partial charge in [0.15, 0.2) is 35.1 Å². The third-order valence-corrected chi connectivity index (χ3v) is 6.92. The Labute approximate surface area is 242 Å². The first-order valence-electron chi connectivity index (χ1n) is 13.0. The fraction of sp³-hybridized carbons (Fsp3) is 0.520. The van der Waals surface area contributed by atoms with Crippen molar-refractivity contribution < 1.29 is 37.9 Å². The summed E-state index contributed by atoms with van der Waals surface area (Å²) in [4.78, 5) is 42.0. The minimum atomic E-state index is -2.53. The molecule has 1 aliphatic heterocycles. The number of rotatable bonds is 11. The first-order chi connectivity index (χ1) is 19.8. The van der Waals surface area contributed by atoms with Crippen LogP contribution in [0.2, 0.25) is 0 Å². The van der Waals surface area contributed by atoms with Crippen molar-refractivity contribution in [3.63, 3.8) is 0 Å². The number of nitrogens with two attached hydrogens (primary N) is 1. The van der Waals surface area contributed by atoms with Gasteiger partial charge in [-0.25, -0.2) is 9.37 Å². The van der Waals surface area contributed by atoms with E-state index in [0.717, 1.165) is 0 Å². The van der Waals surface area contributed by atoms with Crippen molar-refractivity contribution in [3.05, 3.63) is 30.6 Å². The first-order valence-corrected chi connectivity index (χ1v) is 14.1. The van der Waals surface area contributed by atoms with E-state index < -0.39 is 44.3 Å². The minimum absolute atomic E-state index is 0.0178. The third kappa shape index (κ3) is 6.85. The molecule has 1 aromatic carbocycles. The third-order valence-electron chi connectivity index (χ3n) is 6.28. The summed E-state index contributed by atoms with van der Waals surface area (Å²) in [7, 11) is 1.00. The summed E-state index contributed by atoms with van der Waals surface area (Å²) >= 11 is 0. The van der Waals surface area contributed by atoms with E-state index >= 15 is 4.39 Å². The number of nitrogen functional groups attached to an aromatic ring is 1. The molecular weight excluding hydrogens is 574 g/mol. The molecule has 0 radical (unpaired) electrons. The molecular formula is C25H34FN8O7P. The summed E-state index contributed by atoms with van der Waals surface area (Å²) in [5.41, 5.74) is 7.54. The monoisotopic (exact) mass is 608 g/mol. The Hall–Kier alpha value is -3.69. The lowest BCUT2D eigenvalue weighted by Gasteiger charge is -2.27. The average molecular weight is 609 g/mol. The predicted molar refractivity (Wildman–Crippen MR) is 149 cm³/mol. The fourth-order valence-corrected chi connectivity index (χ4v) is 4.71. The van der Waals surface area contributed by atoms with E-state index in [2.05, 4.69) is 25.2 Å². The van der Waals surface area contributed by atoms with Crippen LogP contribution in [0.1, 0.15) is 33.9 Å². The number of halogens is 1. The number of benzene rings is 1. The number of nitrogens with one attached hydrogen (secondary N) is 1. The standard InChI is InChI=1S/C25H34FN8O7P/c1-13(2)39-23(36)14(3)31-32-42(37)41-16-9-7-15(8-10-16)38-11-25(4)19(35)17(26)22(40-25)34-12-28-18-20(33(5)6)29-24(27)30-21(18)34/h7-10,12-14,17,19,22,31,35H,11H2,1-6H3,(H2,27,29,30)/t14-,17-,19-,22+,25+/m0/s1. The number of ether oxygens (including phenoxy) is 3. The molecule has 0 spiro atoms. The second-order valence-corrected chi connectivity index (χ2v) is 11.2. The molecule has 6 atom stereocenters. The van der Waals surface area contributed by atoms with Crippen LogP contribution in [0.5, 0.6) is 11.5 Å². The highest BCUT2D eigenvalue weighted by molar-refractivity contribution is 7.33. The minimum Gasteiger partial charge on any atom is -0.574 e. The maximum absolute atomic E-state index is 15.4. The Balaban J connectivity index is 1.38. The van der Waals surface area contributed by atoms with Crippen molar-refractivity contribution in [1.29, 1.82) is 0 Å². The summed E-state index contributed by atoms with van der Waals surface area (Å²) in [6, 6.07) is 5.25. The van der Waals surface area contributed by atoms with Crippen LogP contribution in [-0.2, 0) is 14.3 Å². The highest BCUT2D eigenvalue weighted by Crippen LogP contribution is 2.41. The zero-order valence-corrected chi connectivity index (χ0v) is 24.9. The molecule has 42 heavy (non-hydrogen) atoms. The van der Waals surface area contributed by atoms with E-state index in [-0.39, 0.29) is 30.1 Å². The second-order valence-electron chi connectivity index (χ2n) is 10.4. The maximum atomic E-state index is 15.4. The van der Waals surface area contributed by atoms with Gasteiger partial charge in [-0.1, -0.05) is 0 Å². The van der Waals surface area contributed by atoms with Crippen LogP contribution >= 0.6 is 8.17 Å². The molecule has 0 aliphatic carbocycles. The van der Waals surface area contributed by atoms with Gasteiger partial charge < -0.3 is 34.8 Å². The van der Waals surface area contributed by atoms with Crippen molar-refractivity contribution in [3.8, 4) is 11.5 Å². The van der Waals surface area contributed by atoms with Gasteiger partial charge in [0.05, 0.1) is 12.4 Å². The summed E-state index contributed by atoms with van der Waals surface area (Å²) < 4.78 is 38.8. The van der Waals surface area contributed by atoms with Crippen molar-refractivity contribution in [2.24, 2.45) is 4.85 Å². The molecule has 228 valence electrons. The molecule has 2 aromatic heterocycles. The maximum Gasteiger partial charge on any atom is 0.412 e. The number of aliphatic hydroxyl groups is 1. The predicted octanol–water partition coefficient (Wildman–Crippen LogP) is 1.62. The number of nitrogens with zero attached hydrogens (tertiary/aromatic N) is 6. The van der Waals surface area contributed by atoms with Gasteiger partial charge >= 0.3 is 14.1 Å². The number of carbonyl (C=O) groups excluding carboxylic acids is 1. The molecule has 4 rings (SSSR count). The van der Waals surface area contributed by atoms with Gasteiger partial charge in [-0.2, -0.15) is 15.4 Å². The number of hydrogen-bond donors (Lipinski definition) is 3. The Morgan fingerprint density at radius 3 is 2.62 bits per heavy atom.